The highest BCUT2D eigenvalue weighted by molar-refractivity contribution is 5.51. The van der Waals surface area contributed by atoms with Crippen molar-refractivity contribution in [3.05, 3.63) is 42.7 Å². The van der Waals surface area contributed by atoms with E-state index in [0.29, 0.717) is 6.17 Å². The first-order valence-electron chi connectivity index (χ1n) is 10.6. The predicted molar refractivity (Wildman–Crippen MR) is 111 cm³/mol. The predicted octanol–water partition coefficient (Wildman–Crippen LogP) is 6.94. The van der Waals surface area contributed by atoms with Gasteiger partial charge in [0.2, 0.25) is 0 Å². The second-order valence-corrected chi connectivity index (χ2v) is 7.38. The van der Waals surface area contributed by atoms with Crippen molar-refractivity contribution in [3.8, 4) is 0 Å². The lowest BCUT2D eigenvalue weighted by Gasteiger charge is -2.33. The fourth-order valence-corrected chi connectivity index (χ4v) is 3.80. The van der Waals surface area contributed by atoms with Gasteiger partial charge in [0, 0.05) is 24.6 Å². The summed E-state index contributed by atoms with van der Waals surface area (Å²) in [6, 6.07) is 10.8. The van der Waals surface area contributed by atoms with E-state index >= 15 is 0 Å². The highest BCUT2D eigenvalue weighted by Crippen LogP contribution is 2.27. The molecule has 0 fully saturated rings. The van der Waals surface area contributed by atoms with Gasteiger partial charge in [-0.05, 0) is 31.4 Å². The molecule has 0 aliphatic carbocycles. The Morgan fingerprint density at radius 1 is 0.720 bits per heavy atom. The summed E-state index contributed by atoms with van der Waals surface area (Å²) in [5.74, 6) is 0. The summed E-state index contributed by atoms with van der Waals surface area (Å²) in [7, 11) is 0. The number of unbranched alkanes of at least 4 members (excludes halogenated alkanes) is 8. The Hall–Kier alpha value is -1.44. The maximum atomic E-state index is 2.53. The minimum absolute atomic E-state index is 0.506. The van der Waals surface area contributed by atoms with Crippen LogP contribution in [-0.2, 0) is 0 Å². The summed E-state index contributed by atoms with van der Waals surface area (Å²) in [5.41, 5.74) is 1.32. The van der Waals surface area contributed by atoms with Crippen LogP contribution in [0.4, 0.5) is 5.69 Å². The van der Waals surface area contributed by atoms with Gasteiger partial charge in [-0.3, -0.25) is 0 Å². The molecule has 1 aliphatic heterocycles. The highest BCUT2D eigenvalue weighted by Gasteiger charge is 2.26. The maximum Gasteiger partial charge on any atom is 0.105 e. The Labute approximate surface area is 155 Å². The lowest BCUT2D eigenvalue weighted by atomic mass is 10.1. The van der Waals surface area contributed by atoms with Crippen molar-refractivity contribution < 1.29 is 0 Å². The average molecular weight is 343 g/mol. The molecule has 0 bridgehead atoms. The zero-order valence-electron chi connectivity index (χ0n) is 16.5. The van der Waals surface area contributed by atoms with Crippen LogP contribution in [0.3, 0.4) is 0 Å². The number of benzene rings is 1. The first-order chi connectivity index (χ1) is 12.4. The Morgan fingerprint density at radius 2 is 1.36 bits per heavy atom. The van der Waals surface area contributed by atoms with Crippen LogP contribution in [0.25, 0.3) is 0 Å². The van der Waals surface area contributed by atoms with Crippen LogP contribution in [0.2, 0.25) is 0 Å². The molecule has 0 amide bonds. The first-order valence-corrected chi connectivity index (χ1v) is 10.6. The number of anilines is 1. The first kappa shape index (κ1) is 19.9. The van der Waals surface area contributed by atoms with Crippen molar-refractivity contribution in [2.24, 2.45) is 0 Å². The molecule has 0 saturated heterocycles. The van der Waals surface area contributed by atoms with Gasteiger partial charge >= 0.3 is 0 Å². The number of rotatable bonds is 13. The summed E-state index contributed by atoms with van der Waals surface area (Å²) >= 11 is 0. The SMILES string of the molecule is CCCCCCCCCCCC1N(CCC)C=CN1c1ccccc1. The summed E-state index contributed by atoms with van der Waals surface area (Å²) in [5, 5.41) is 0. The normalized spacial score (nSPS) is 16.8. The van der Waals surface area contributed by atoms with Gasteiger partial charge in [0.1, 0.15) is 6.17 Å². The van der Waals surface area contributed by atoms with Crippen LogP contribution in [-0.4, -0.2) is 17.6 Å². The zero-order chi connectivity index (χ0) is 17.7. The number of para-hydroxylation sites is 1. The van der Waals surface area contributed by atoms with Crippen LogP contribution in [0.15, 0.2) is 42.7 Å². The molecule has 0 saturated carbocycles. The zero-order valence-corrected chi connectivity index (χ0v) is 16.5. The molecule has 140 valence electrons. The Kier molecular flexibility index (Phi) is 9.54. The van der Waals surface area contributed by atoms with Crippen molar-refractivity contribution in [1.82, 2.24) is 4.90 Å². The second-order valence-electron chi connectivity index (χ2n) is 7.38. The Morgan fingerprint density at radius 3 is 2.00 bits per heavy atom. The molecule has 1 aromatic carbocycles. The molecule has 2 rings (SSSR count). The van der Waals surface area contributed by atoms with Crippen LogP contribution in [0, 0.1) is 0 Å². The fraction of sp³-hybridized carbons (Fsp3) is 0.652. The third kappa shape index (κ3) is 6.76. The molecule has 2 heteroatoms. The summed E-state index contributed by atoms with van der Waals surface area (Å²) in [4.78, 5) is 4.98. The molecule has 1 aliphatic rings. The molecule has 2 nitrogen and oxygen atoms in total. The molecule has 0 aromatic heterocycles. The topological polar surface area (TPSA) is 6.48 Å². The standard InChI is InChI=1S/C23H38N2/c1-3-5-6-7-8-9-10-11-15-18-23-24(19-4-2)20-21-25(23)22-16-13-12-14-17-22/h12-14,16-17,20-21,23H,3-11,15,18-19H2,1-2H3. The van der Waals surface area contributed by atoms with Gasteiger partial charge in [0.05, 0.1) is 0 Å². The van der Waals surface area contributed by atoms with Crippen LogP contribution >= 0.6 is 0 Å². The Bertz CT molecular complexity index is 468. The molecular formula is C23H38N2. The molecule has 1 heterocycles. The Balaban J connectivity index is 1.71. The number of hydrogen-bond acceptors (Lipinski definition) is 2. The van der Waals surface area contributed by atoms with Gasteiger partial charge in [-0.2, -0.15) is 0 Å². The van der Waals surface area contributed by atoms with Crippen LogP contribution in [0.1, 0.15) is 84.5 Å². The van der Waals surface area contributed by atoms with Gasteiger partial charge in [-0.1, -0.05) is 83.4 Å². The van der Waals surface area contributed by atoms with Gasteiger partial charge in [0.15, 0.2) is 0 Å². The molecule has 1 unspecified atom stereocenters. The van der Waals surface area contributed by atoms with Crippen molar-refractivity contribution in [3.63, 3.8) is 0 Å². The van der Waals surface area contributed by atoms with E-state index < -0.39 is 0 Å². The minimum atomic E-state index is 0.506. The van der Waals surface area contributed by atoms with E-state index in [2.05, 4.69) is 66.4 Å². The average Bonchev–Trinajstić information content (AvgIpc) is 3.04. The van der Waals surface area contributed by atoms with E-state index in [9.17, 15) is 0 Å². The fourth-order valence-electron chi connectivity index (χ4n) is 3.80. The lowest BCUT2D eigenvalue weighted by Crippen LogP contribution is -2.39. The van der Waals surface area contributed by atoms with E-state index in [0.717, 1.165) is 6.54 Å². The van der Waals surface area contributed by atoms with E-state index in [1.165, 1.54) is 76.3 Å². The molecule has 0 spiro atoms. The van der Waals surface area contributed by atoms with Gasteiger partial charge in [0.25, 0.3) is 0 Å². The second kappa shape index (κ2) is 12.0. The maximum absolute atomic E-state index is 2.53. The largest absolute Gasteiger partial charge is 0.356 e. The third-order valence-corrected chi connectivity index (χ3v) is 5.22. The van der Waals surface area contributed by atoms with E-state index in [-0.39, 0.29) is 0 Å². The lowest BCUT2D eigenvalue weighted by molar-refractivity contribution is 0.279. The van der Waals surface area contributed by atoms with E-state index in [1.807, 2.05) is 0 Å². The number of nitrogens with zero attached hydrogens (tertiary/aromatic N) is 2. The highest BCUT2D eigenvalue weighted by atomic mass is 15.4. The van der Waals surface area contributed by atoms with Crippen molar-refractivity contribution in [2.45, 2.75) is 90.6 Å². The smallest absolute Gasteiger partial charge is 0.105 e. The molecular weight excluding hydrogens is 304 g/mol. The molecule has 25 heavy (non-hydrogen) atoms. The summed E-state index contributed by atoms with van der Waals surface area (Å²) in [6.07, 6.45) is 20.1. The molecule has 0 N–H and O–H groups in total. The van der Waals surface area contributed by atoms with Crippen molar-refractivity contribution in [1.29, 1.82) is 0 Å². The van der Waals surface area contributed by atoms with E-state index in [4.69, 9.17) is 0 Å². The van der Waals surface area contributed by atoms with Gasteiger partial charge < -0.3 is 9.80 Å². The summed E-state index contributed by atoms with van der Waals surface area (Å²) in [6.45, 7) is 5.72. The van der Waals surface area contributed by atoms with Crippen LogP contribution < -0.4 is 4.90 Å². The number of hydrogen-bond donors (Lipinski definition) is 0. The molecule has 1 atom stereocenters. The van der Waals surface area contributed by atoms with Gasteiger partial charge in [-0.15, -0.1) is 0 Å². The minimum Gasteiger partial charge on any atom is -0.356 e. The molecule has 0 radical (unpaired) electrons. The molecule has 1 aromatic rings. The van der Waals surface area contributed by atoms with Crippen molar-refractivity contribution >= 4 is 5.69 Å². The van der Waals surface area contributed by atoms with Gasteiger partial charge in [-0.25, -0.2) is 0 Å². The quantitative estimate of drug-likeness (QED) is 0.358. The third-order valence-electron chi connectivity index (χ3n) is 5.22. The van der Waals surface area contributed by atoms with Crippen molar-refractivity contribution in [2.75, 3.05) is 11.4 Å². The van der Waals surface area contributed by atoms with Crippen LogP contribution in [0.5, 0.6) is 0 Å². The summed E-state index contributed by atoms with van der Waals surface area (Å²) < 4.78 is 0. The van der Waals surface area contributed by atoms with E-state index in [1.54, 1.807) is 0 Å². The monoisotopic (exact) mass is 342 g/mol.